The number of hydrogen-bond donors (Lipinski definition) is 9. The topological polar surface area (TPSA) is 228 Å². The number of unbranched alkanes of at least 4 members (excludes halogenated alkanes) is 49. The van der Waals surface area contributed by atoms with Crippen molar-refractivity contribution in [3.05, 3.63) is 36.5 Å². The molecule has 12 atom stereocenters. The summed E-state index contributed by atoms with van der Waals surface area (Å²) in [6.07, 6.45) is 65.2. The van der Waals surface area contributed by atoms with Crippen molar-refractivity contribution in [2.75, 3.05) is 19.8 Å². The largest absolute Gasteiger partial charge is 0.394 e. The van der Waals surface area contributed by atoms with Crippen LogP contribution in [0.5, 0.6) is 0 Å². The Hall–Kier alpha value is -1.79. The van der Waals surface area contributed by atoms with Crippen molar-refractivity contribution in [2.45, 2.75) is 434 Å². The van der Waals surface area contributed by atoms with E-state index < -0.39 is 86.8 Å². The van der Waals surface area contributed by atoms with Crippen LogP contribution in [0.15, 0.2) is 36.5 Å². The highest BCUT2D eigenvalue weighted by molar-refractivity contribution is 5.76. The standard InChI is InChI=1S/C78H147NO13/c1-3-5-7-9-11-13-15-17-19-21-23-25-27-29-30-31-32-33-34-35-36-38-40-42-44-46-48-50-52-54-56-58-60-62-70(83)79-66(65-89-77-75(88)73(86)76(69(64-81)91-77)92-78-74(87)72(85)71(84)68(63-80)90-78)67(82)61-59-57-55-53-51-49-47-45-43-41-39-37-28-26-24-22-20-18-16-14-12-10-8-6-4-2/h43,45,51,53,59,61,66-69,71-78,80-82,84-88H,3-42,44,46-50,52,54-58,60,62-65H2,1-2H3,(H,79,83)/b45-43+,53-51+,61-59+. The highest BCUT2D eigenvalue weighted by atomic mass is 16.7. The number of hydrogen-bond acceptors (Lipinski definition) is 13. The average Bonchev–Trinajstić information content (AvgIpc) is 0.866. The first kappa shape index (κ1) is 86.3. The molecule has 0 aliphatic carbocycles. The van der Waals surface area contributed by atoms with Gasteiger partial charge in [0.25, 0.3) is 0 Å². The van der Waals surface area contributed by atoms with Crippen molar-refractivity contribution in [3.8, 4) is 0 Å². The lowest BCUT2D eigenvalue weighted by Crippen LogP contribution is -2.65. The summed E-state index contributed by atoms with van der Waals surface area (Å²) in [5.41, 5.74) is 0. The third-order valence-electron chi connectivity index (χ3n) is 19.3. The molecule has 1 amide bonds. The lowest BCUT2D eigenvalue weighted by atomic mass is 9.97. The lowest BCUT2D eigenvalue weighted by molar-refractivity contribution is -0.359. The Labute approximate surface area is 563 Å². The van der Waals surface area contributed by atoms with Crippen molar-refractivity contribution in [2.24, 2.45) is 0 Å². The van der Waals surface area contributed by atoms with Crippen LogP contribution in [0.4, 0.5) is 0 Å². The van der Waals surface area contributed by atoms with E-state index in [1.165, 1.54) is 283 Å². The lowest BCUT2D eigenvalue weighted by Gasteiger charge is -2.46. The van der Waals surface area contributed by atoms with Crippen molar-refractivity contribution in [1.29, 1.82) is 0 Å². The molecule has 9 N–H and O–H groups in total. The van der Waals surface area contributed by atoms with Crippen molar-refractivity contribution in [3.63, 3.8) is 0 Å². The summed E-state index contributed by atoms with van der Waals surface area (Å²) in [6.45, 7) is 2.84. The Bertz CT molecular complexity index is 1680. The van der Waals surface area contributed by atoms with Crippen molar-refractivity contribution < 1.29 is 64.6 Å². The molecule has 2 aliphatic heterocycles. The van der Waals surface area contributed by atoms with Gasteiger partial charge in [-0.05, 0) is 44.9 Å². The van der Waals surface area contributed by atoms with Crippen LogP contribution in [-0.4, -0.2) is 140 Å². The molecule has 2 rings (SSSR count). The quantitative estimate of drug-likeness (QED) is 0.0204. The molecule has 0 bridgehead atoms. The van der Waals surface area contributed by atoms with Gasteiger partial charge in [-0.15, -0.1) is 0 Å². The molecule has 0 aromatic carbocycles. The predicted octanol–water partition coefficient (Wildman–Crippen LogP) is 17.2. The van der Waals surface area contributed by atoms with E-state index in [9.17, 15) is 45.6 Å². The smallest absolute Gasteiger partial charge is 0.220 e. The number of carbonyl (C=O) groups is 1. The molecule has 0 aromatic heterocycles. The zero-order chi connectivity index (χ0) is 66.6. The summed E-state index contributed by atoms with van der Waals surface area (Å²) >= 11 is 0. The van der Waals surface area contributed by atoms with Gasteiger partial charge >= 0.3 is 0 Å². The van der Waals surface area contributed by atoms with E-state index in [0.29, 0.717) is 12.8 Å². The molecule has 2 heterocycles. The molecule has 92 heavy (non-hydrogen) atoms. The van der Waals surface area contributed by atoms with Gasteiger partial charge in [0.1, 0.15) is 48.8 Å². The highest BCUT2D eigenvalue weighted by Gasteiger charge is 2.51. The second kappa shape index (κ2) is 62.7. The first-order chi connectivity index (χ1) is 45.1. The van der Waals surface area contributed by atoms with Crippen molar-refractivity contribution in [1.82, 2.24) is 5.32 Å². The summed E-state index contributed by atoms with van der Waals surface area (Å²) in [4.78, 5) is 13.4. The summed E-state index contributed by atoms with van der Waals surface area (Å²) in [5.74, 6) is -0.245. The Morgan fingerprint density at radius 3 is 1.07 bits per heavy atom. The molecule has 2 saturated heterocycles. The minimum atomic E-state index is -1.79. The van der Waals surface area contributed by atoms with Gasteiger partial charge in [-0.25, -0.2) is 0 Å². The van der Waals surface area contributed by atoms with Crippen LogP contribution in [0.1, 0.15) is 361 Å². The van der Waals surface area contributed by atoms with Gasteiger partial charge in [-0.2, -0.15) is 0 Å². The third kappa shape index (κ3) is 45.7. The Balaban J connectivity index is 1.63. The number of nitrogens with one attached hydrogen (secondary N) is 1. The molecule has 2 fully saturated rings. The third-order valence-corrected chi connectivity index (χ3v) is 19.3. The van der Waals surface area contributed by atoms with Gasteiger partial charge in [0.2, 0.25) is 5.91 Å². The second-order valence-electron chi connectivity index (χ2n) is 27.8. The van der Waals surface area contributed by atoms with E-state index in [0.717, 1.165) is 44.9 Å². The van der Waals surface area contributed by atoms with Crippen LogP contribution in [0.25, 0.3) is 0 Å². The zero-order valence-electron chi connectivity index (χ0n) is 59.3. The molecule has 14 nitrogen and oxygen atoms in total. The van der Waals surface area contributed by atoms with Gasteiger partial charge in [-0.1, -0.05) is 346 Å². The molecule has 14 heteroatoms. The fourth-order valence-corrected chi connectivity index (χ4v) is 13.1. The molecule has 0 aromatic rings. The molecule has 0 saturated carbocycles. The fraction of sp³-hybridized carbons (Fsp3) is 0.910. The van der Waals surface area contributed by atoms with Gasteiger partial charge in [0, 0.05) is 6.42 Å². The molecular weight excluding hydrogens is 1160 g/mol. The minimum Gasteiger partial charge on any atom is -0.394 e. The maximum atomic E-state index is 13.4. The van der Waals surface area contributed by atoms with Crippen LogP contribution in [-0.2, 0) is 23.7 Å². The minimum absolute atomic E-state index is 0.245. The first-order valence-electron chi connectivity index (χ1n) is 39.2. The van der Waals surface area contributed by atoms with E-state index in [1.807, 2.05) is 6.08 Å². The van der Waals surface area contributed by atoms with Gasteiger partial charge in [0.05, 0.1) is 32.0 Å². The highest BCUT2D eigenvalue weighted by Crippen LogP contribution is 2.30. The zero-order valence-corrected chi connectivity index (χ0v) is 59.3. The molecule has 2 aliphatic rings. The number of allylic oxidation sites excluding steroid dienone is 5. The van der Waals surface area contributed by atoms with Gasteiger partial charge in [0.15, 0.2) is 12.6 Å². The predicted molar refractivity (Wildman–Crippen MR) is 378 cm³/mol. The normalized spacial score (nSPS) is 22.8. The van der Waals surface area contributed by atoms with Crippen molar-refractivity contribution >= 4 is 5.91 Å². The maximum Gasteiger partial charge on any atom is 0.220 e. The summed E-state index contributed by atoms with van der Waals surface area (Å²) < 4.78 is 22.9. The number of carbonyl (C=O) groups excluding carboxylic acids is 1. The summed E-state index contributed by atoms with van der Waals surface area (Å²) in [6, 6.07) is -0.938. The number of aliphatic hydroxyl groups excluding tert-OH is 8. The monoisotopic (exact) mass is 1310 g/mol. The number of rotatable bonds is 66. The van der Waals surface area contributed by atoms with Crippen LogP contribution in [0.3, 0.4) is 0 Å². The molecular formula is C78H147NO13. The Kier molecular flexibility index (Phi) is 58.8. The Morgan fingerprint density at radius 1 is 0.380 bits per heavy atom. The van der Waals surface area contributed by atoms with E-state index in [-0.39, 0.29) is 18.9 Å². The molecule has 0 spiro atoms. The average molecular weight is 1310 g/mol. The Morgan fingerprint density at radius 2 is 0.696 bits per heavy atom. The van der Waals surface area contributed by atoms with Crippen LogP contribution in [0.2, 0.25) is 0 Å². The SMILES string of the molecule is CCCCCCCCCCCCCCCCC/C=C/CC/C=C/CC/C=C/C(O)C(COC1OC(CO)C(OC2OC(CO)C(O)C(O)C2O)C(O)C1O)NC(=O)CCCCCCCCCCCCCCCCCCCCCCCCCCCCCCCCCCC. The van der Waals surface area contributed by atoms with Gasteiger partial charge < -0.3 is 65.1 Å². The fourth-order valence-electron chi connectivity index (χ4n) is 13.1. The summed E-state index contributed by atoms with van der Waals surface area (Å²) in [5, 5.41) is 87.6. The number of amides is 1. The first-order valence-corrected chi connectivity index (χ1v) is 39.2. The summed E-state index contributed by atoms with van der Waals surface area (Å²) in [7, 11) is 0. The van der Waals surface area contributed by atoms with E-state index >= 15 is 0 Å². The van der Waals surface area contributed by atoms with E-state index in [1.54, 1.807) is 6.08 Å². The maximum absolute atomic E-state index is 13.4. The van der Waals surface area contributed by atoms with Crippen LogP contribution in [0, 0.1) is 0 Å². The molecule has 542 valence electrons. The van der Waals surface area contributed by atoms with Gasteiger partial charge in [-0.3, -0.25) is 4.79 Å². The second-order valence-corrected chi connectivity index (χ2v) is 27.8. The molecule has 12 unspecified atom stereocenters. The number of ether oxygens (including phenoxy) is 4. The number of aliphatic hydroxyl groups is 8. The van der Waals surface area contributed by atoms with E-state index in [4.69, 9.17) is 18.9 Å². The van der Waals surface area contributed by atoms with Crippen LogP contribution < -0.4 is 5.32 Å². The van der Waals surface area contributed by atoms with Crippen LogP contribution >= 0.6 is 0 Å². The molecule has 0 radical (unpaired) electrons. The van der Waals surface area contributed by atoms with E-state index in [2.05, 4.69) is 43.5 Å².